The Morgan fingerprint density at radius 3 is 2.83 bits per heavy atom. The van der Waals surface area contributed by atoms with Gasteiger partial charge < -0.3 is 15.1 Å². The van der Waals surface area contributed by atoms with E-state index in [2.05, 4.69) is 4.98 Å². The zero-order valence-corrected chi connectivity index (χ0v) is 15.0. The number of pyridine rings is 1. The van der Waals surface area contributed by atoms with E-state index in [4.69, 9.17) is 10.2 Å². The lowest BCUT2D eigenvalue weighted by Crippen LogP contribution is -2.51. The number of aryl methyl sites for hydroxylation is 1. The second-order valence-electron chi connectivity index (χ2n) is 5.87. The van der Waals surface area contributed by atoms with E-state index in [1.165, 1.54) is 0 Å². The zero-order valence-electron chi connectivity index (χ0n) is 13.3. The number of carbonyl (C=O) groups is 1. The summed E-state index contributed by atoms with van der Waals surface area (Å²) in [5, 5.41) is 0. The van der Waals surface area contributed by atoms with Crippen molar-refractivity contribution in [3.8, 4) is 0 Å². The molecule has 0 bridgehead atoms. The van der Waals surface area contributed by atoms with Crippen LogP contribution in [-0.4, -0.2) is 34.4 Å². The number of furan rings is 1. The number of nitrogens with zero attached hydrogens (tertiary/aromatic N) is 2. The van der Waals surface area contributed by atoms with Gasteiger partial charge in [0.25, 0.3) is 5.91 Å². The molecule has 2 N–H and O–H groups in total. The summed E-state index contributed by atoms with van der Waals surface area (Å²) in [4.78, 5) is 19.0. The highest BCUT2D eigenvalue weighted by molar-refractivity contribution is 5.95. The summed E-state index contributed by atoms with van der Waals surface area (Å²) >= 11 is 0. The molecule has 0 spiro atoms. The minimum atomic E-state index is -0.0762. The van der Waals surface area contributed by atoms with Crippen molar-refractivity contribution in [1.82, 2.24) is 9.88 Å². The van der Waals surface area contributed by atoms with E-state index < -0.39 is 0 Å². The first kappa shape index (κ1) is 19.7. The summed E-state index contributed by atoms with van der Waals surface area (Å²) in [6.45, 7) is 4.62. The first-order valence-electron chi connectivity index (χ1n) is 7.50. The summed E-state index contributed by atoms with van der Waals surface area (Å²) in [6, 6.07) is 5.53. The topological polar surface area (TPSA) is 72.4 Å². The van der Waals surface area contributed by atoms with Crippen LogP contribution in [0.2, 0.25) is 0 Å². The van der Waals surface area contributed by atoms with Crippen molar-refractivity contribution >= 4 is 41.8 Å². The lowest BCUT2D eigenvalue weighted by atomic mass is 9.96. The molecule has 1 aliphatic heterocycles. The number of amides is 1. The largest absolute Gasteiger partial charge is 0.449 e. The predicted molar refractivity (Wildman–Crippen MR) is 95.6 cm³/mol. The molecule has 2 aromatic heterocycles. The molecule has 0 aliphatic carbocycles. The maximum atomic E-state index is 12.7. The number of fused-ring (bicyclic) bond motifs is 1. The van der Waals surface area contributed by atoms with Crippen LogP contribution in [0.1, 0.15) is 42.4 Å². The molecule has 3 rings (SSSR count). The highest BCUT2D eigenvalue weighted by Gasteiger charge is 2.31. The number of halogens is 2. The molecule has 128 valence electrons. The molecule has 3 heterocycles. The van der Waals surface area contributed by atoms with Crippen molar-refractivity contribution in [2.24, 2.45) is 5.73 Å². The Morgan fingerprint density at radius 1 is 1.39 bits per heavy atom. The van der Waals surface area contributed by atoms with Gasteiger partial charge in [0.15, 0.2) is 11.3 Å². The van der Waals surface area contributed by atoms with Crippen molar-refractivity contribution < 1.29 is 9.21 Å². The fourth-order valence-electron chi connectivity index (χ4n) is 3.03. The minimum Gasteiger partial charge on any atom is -0.449 e. The van der Waals surface area contributed by atoms with Gasteiger partial charge in [0, 0.05) is 30.4 Å². The number of hydrogen-bond donors (Lipinski definition) is 1. The van der Waals surface area contributed by atoms with Gasteiger partial charge in [-0.25, -0.2) is 4.98 Å². The van der Waals surface area contributed by atoms with E-state index in [0.717, 1.165) is 37.0 Å². The lowest BCUT2D eigenvalue weighted by molar-refractivity contribution is 0.0554. The summed E-state index contributed by atoms with van der Waals surface area (Å²) in [6.07, 6.45) is 3.10. The molecular weight excluding hydrogens is 337 g/mol. The number of hydrogen-bond acceptors (Lipinski definition) is 4. The molecule has 1 saturated heterocycles. The van der Waals surface area contributed by atoms with Gasteiger partial charge in [-0.2, -0.15) is 0 Å². The molecule has 2 aromatic rings. The van der Waals surface area contributed by atoms with E-state index in [0.29, 0.717) is 11.3 Å². The Hall–Kier alpha value is -1.30. The molecule has 0 aromatic carbocycles. The van der Waals surface area contributed by atoms with Gasteiger partial charge >= 0.3 is 0 Å². The van der Waals surface area contributed by atoms with Crippen LogP contribution in [0, 0.1) is 6.92 Å². The number of piperidine rings is 1. The average molecular weight is 360 g/mol. The van der Waals surface area contributed by atoms with Crippen LogP contribution < -0.4 is 5.73 Å². The van der Waals surface area contributed by atoms with E-state index >= 15 is 0 Å². The molecule has 0 saturated carbocycles. The third-order valence-electron chi connectivity index (χ3n) is 4.14. The molecule has 23 heavy (non-hydrogen) atoms. The van der Waals surface area contributed by atoms with E-state index in [9.17, 15) is 4.79 Å². The highest BCUT2D eigenvalue weighted by atomic mass is 35.5. The second kappa shape index (κ2) is 7.99. The van der Waals surface area contributed by atoms with Gasteiger partial charge in [-0.05, 0) is 45.2 Å². The first-order valence-corrected chi connectivity index (χ1v) is 7.50. The SMILES string of the molecule is Cc1ccc2oc(C(=O)N3CCCCC3C(C)N)cc2n1.Cl.Cl. The second-order valence-corrected chi connectivity index (χ2v) is 5.87. The van der Waals surface area contributed by atoms with Gasteiger partial charge in [0.1, 0.15) is 5.52 Å². The number of nitrogens with two attached hydrogens (primary N) is 1. The van der Waals surface area contributed by atoms with Crippen LogP contribution in [0.25, 0.3) is 11.1 Å². The summed E-state index contributed by atoms with van der Waals surface area (Å²) in [5.74, 6) is 0.281. The molecule has 2 unspecified atom stereocenters. The maximum Gasteiger partial charge on any atom is 0.289 e. The molecule has 7 heteroatoms. The average Bonchev–Trinajstić information content (AvgIpc) is 2.89. The van der Waals surface area contributed by atoms with E-state index in [-0.39, 0.29) is 42.8 Å². The molecular formula is C16H23Cl2N3O2. The van der Waals surface area contributed by atoms with Gasteiger partial charge in [-0.1, -0.05) is 0 Å². The molecule has 1 fully saturated rings. The number of likely N-dealkylation sites (tertiary alicyclic amines) is 1. The Morgan fingerprint density at radius 2 is 2.13 bits per heavy atom. The third-order valence-corrected chi connectivity index (χ3v) is 4.14. The van der Waals surface area contributed by atoms with Gasteiger partial charge in [0.05, 0.1) is 0 Å². The van der Waals surface area contributed by atoms with Gasteiger partial charge in [-0.15, -0.1) is 24.8 Å². The van der Waals surface area contributed by atoms with Crippen molar-refractivity contribution in [2.45, 2.75) is 45.2 Å². The molecule has 5 nitrogen and oxygen atoms in total. The fourth-order valence-corrected chi connectivity index (χ4v) is 3.03. The minimum absolute atomic E-state index is 0. The van der Waals surface area contributed by atoms with Crippen LogP contribution in [0.15, 0.2) is 22.6 Å². The van der Waals surface area contributed by atoms with Crippen molar-refractivity contribution in [2.75, 3.05) is 6.54 Å². The number of carbonyl (C=O) groups excluding carboxylic acids is 1. The normalized spacial score (nSPS) is 18.9. The van der Waals surface area contributed by atoms with Crippen LogP contribution in [0.4, 0.5) is 0 Å². The maximum absolute atomic E-state index is 12.7. The summed E-state index contributed by atoms with van der Waals surface area (Å²) < 4.78 is 5.67. The number of rotatable bonds is 2. The summed E-state index contributed by atoms with van der Waals surface area (Å²) in [7, 11) is 0. The van der Waals surface area contributed by atoms with Crippen LogP contribution >= 0.6 is 24.8 Å². The molecule has 0 radical (unpaired) electrons. The Kier molecular flexibility index (Phi) is 6.86. The third kappa shape index (κ3) is 3.97. The quantitative estimate of drug-likeness (QED) is 0.892. The van der Waals surface area contributed by atoms with E-state index in [1.807, 2.05) is 30.9 Å². The molecule has 2 atom stereocenters. The predicted octanol–water partition coefficient (Wildman–Crippen LogP) is 3.32. The van der Waals surface area contributed by atoms with Gasteiger partial charge in [-0.3, -0.25) is 4.79 Å². The van der Waals surface area contributed by atoms with E-state index in [1.54, 1.807) is 6.07 Å². The fraction of sp³-hybridized carbons (Fsp3) is 0.500. The monoisotopic (exact) mass is 359 g/mol. The zero-order chi connectivity index (χ0) is 15.0. The van der Waals surface area contributed by atoms with Gasteiger partial charge in [0.2, 0.25) is 0 Å². The van der Waals surface area contributed by atoms with Crippen LogP contribution in [-0.2, 0) is 0 Å². The Labute approximate surface area is 148 Å². The standard InChI is InChI=1S/C16H21N3O2.2ClH/c1-10-6-7-14-12(18-10)9-15(21-14)16(20)19-8-4-3-5-13(19)11(2)17;;/h6-7,9,11,13H,3-5,8,17H2,1-2H3;2*1H. The first-order chi connectivity index (χ1) is 10.1. The molecule has 1 aliphatic rings. The lowest BCUT2D eigenvalue weighted by Gasteiger charge is -2.37. The Bertz CT molecular complexity index is 672. The van der Waals surface area contributed by atoms with Crippen molar-refractivity contribution in [1.29, 1.82) is 0 Å². The smallest absolute Gasteiger partial charge is 0.289 e. The van der Waals surface area contributed by atoms with Crippen LogP contribution in [0.5, 0.6) is 0 Å². The highest BCUT2D eigenvalue weighted by Crippen LogP contribution is 2.24. The number of aromatic nitrogens is 1. The van der Waals surface area contributed by atoms with Crippen molar-refractivity contribution in [3.63, 3.8) is 0 Å². The Balaban J connectivity index is 0.00000132. The summed E-state index contributed by atoms with van der Waals surface area (Å²) in [5.41, 5.74) is 8.32. The van der Waals surface area contributed by atoms with Crippen molar-refractivity contribution in [3.05, 3.63) is 29.7 Å². The molecule has 1 amide bonds. The van der Waals surface area contributed by atoms with Crippen LogP contribution in [0.3, 0.4) is 0 Å².